The van der Waals surface area contributed by atoms with Crippen LogP contribution in [-0.2, 0) is 41.4 Å². The number of hydrogen-bond donors (Lipinski definition) is 2. The van der Waals surface area contributed by atoms with Gasteiger partial charge in [-0.15, -0.1) is 0 Å². The van der Waals surface area contributed by atoms with Gasteiger partial charge in [0.15, 0.2) is 11.2 Å². The molecule has 0 radical (unpaired) electrons. The maximum absolute atomic E-state index is 14.5. The number of carbonyl (C=O) groups is 4. The summed E-state index contributed by atoms with van der Waals surface area (Å²) in [5.74, 6) is -2.30. The topological polar surface area (TPSA) is 143 Å². The van der Waals surface area contributed by atoms with Crippen molar-refractivity contribution in [2.75, 3.05) is 39.6 Å². The van der Waals surface area contributed by atoms with E-state index in [-0.39, 0.29) is 69.5 Å². The second kappa shape index (κ2) is 16.2. The summed E-state index contributed by atoms with van der Waals surface area (Å²) < 4.78 is 16.6. The van der Waals surface area contributed by atoms with E-state index in [4.69, 9.17) is 14.2 Å². The van der Waals surface area contributed by atoms with Crippen molar-refractivity contribution < 1.29 is 43.6 Å². The van der Waals surface area contributed by atoms with Gasteiger partial charge < -0.3 is 24.4 Å². The summed E-state index contributed by atoms with van der Waals surface area (Å²) in [7, 11) is 0. The van der Waals surface area contributed by atoms with Gasteiger partial charge in [-0.05, 0) is 69.0 Å². The maximum Gasteiger partial charge on any atom is 0.323 e. The molecule has 0 bridgehead atoms. The molecular weight excluding hydrogens is 604 g/mol. The van der Waals surface area contributed by atoms with Gasteiger partial charge in [-0.25, -0.2) is 0 Å². The van der Waals surface area contributed by atoms with Gasteiger partial charge in [0.2, 0.25) is 0 Å². The molecule has 3 aromatic rings. The number of esters is 3. The molecule has 47 heavy (non-hydrogen) atoms. The molecule has 250 valence electrons. The summed E-state index contributed by atoms with van der Waals surface area (Å²) in [5, 5.41) is 19.7. The molecule has 4 rings (SSSR count). The van der Waals surface area contributed by atoms with Crippen LogP contribution in [0.15, 0.2) is 78.9 Å². The number of ketones is 1. The predicted octanol–water partition coefficient (Wildman–Crippen LogP) is 3.75. The van der Waals surface area contributed by atoms with E-state index in [0.29, 0.717) is 11.1 Å². The van der Waals surface area contributed by atoms with Gasteiger partial charge >= 0.3 is 17.9 Å². The highest BCUT2D eigenvalue weighted by Crippen LogP contribution is 2.35. The molecule has 1 fully saturated rings. The first-order valence-corrected chi connectivity index (χ1v) is 15.8. The second-order valence-corrected chi connectivity index (χ2v) is 11.4. The third-order valence-corrected chi connectivity index (χ3v) is 8.18. The number of hydrogen-bond acceptors (Lipinski definition) is 11. The molecule has 0 amide bonds. The third kappa shape index (κ3) is 8.55. The molecular formula is C36H42N2O9. The van der Waals surface area contributed by atoms with E-state index in [9.17, 15) is 29.4 Å². The highest BCUT2D eigenvalue weighted by molar-refractivity contribution is 6.13. The lowest BCUT2D eigenvalue weighted by atomic mass is 9.76. The van der Waals surface area contributed by atoms with Crippen molar-refractivity contribution in [2.24, 2.45) is 5.41 Å². The molecule has 1 aliphatic rings. The van der Waals surface area contributed by atoms with Crippen molar-refractivity contribution in [3.8, 4) is 11.5 Å². The number of phenols is 2. The summed E-state index contributed by atoms with van der Waals surface area (Å²) in [6.45, 7) is 4.86. The van der Waals surface area contributed by atoms with Crippen LogP contribution in [0.1, 0.15) is 42.3 Å². The summed E-state index contributed by atoms with van der Waals surface area (Å²) in [6.07, 6.45) is 0.265. The molecule has 0 aliphatic carbocycles. The van der Waals surface area contributed by atoms with Crippen LogP contribution in [-0.4, -0.2) is 95.4 Å². The second-order valence-electron chi connectivity index (χ2n) is 11.4. The van der Waals surface area contributed by atoms with Crippen molar-refractivity contribution in [1.29, 1.82) is 0 Å². The van der Waals surface area contributed by atoms with Crippen LogP contribution in [0.25, 0.3) is 0 Å². The van der Waals surface area contributed by atoms with Gasteiger partial charge in [0.05, 0.1) is 26.5 Å². The molecule has 2 N–H and O–H groups in total. The number of phenolic OH excluding ortho intramolecular Hbond substituents is 2. The molecule has 2 atom stereocenters. The Balaban J connectivity index is 1.87. The Bertz CT molecular complexity index is 1430. The van der Waals surface area contributed by atoms with Crippen molar-refractivity contribution in [2.45, 2.75) is 45.7 Å². The van der Waals surface area contributed by atoms with Crippen LogP contribution in [0.2, 0.25) is 0 Å². The number of carbonyl (C=O) groups excluding carboxylic acids is 4. The largest absolute Gasteiger partial charge is 0.508 e. The van der Waals surface area contributed by atoms with Gasteiger partial charge in [-0.3, -0.25) is 29.0 Å². The molecule has 11 heteroatoms. The molecule has 11 nitrogen and oxygen atoms in total. The Kier molecular flexibility index (Phi) is 12.1. The maximum atomic E-state index is 14.5. The van der Waals surface area contributed by atoms with Crippen LogP contribution < -0.4 is 0 Å². The number of Topliss-reactive ketones (excluding diaryl/α,β-unsaturated/α-hetero) is 1. The number of ether oxygens (including phenoxy) is 3. The van der Waals surface area contributed by atoms with E-state index in [1.807, 2.05) is 0 Å². The van der Waals surface area contributed by atoms with Gasteiger partial charge in [0.25, 0.3) is 0 Å². The van der Waals surface area contributed by atoms with E-state index in [1.165, 1.54) is 24.3 Å². The molecule has 3 aromatic carbocycles. The zero-order chi connectivity index (χ0) is 34.0. The van der Waals surface area contributed by atoms with Gasteiger partial charge in [-0.1, -0.05) is 54.6 Å². The van der Waals surface area contributed by atoms with Crippen molar-refractivity contribution >= 4 is 23.7 Å². The zero-order valence-electron chi connectivity index (χ0n) is 27.0. The predicted molar refractivity (Wildman–Crippen MR) is 173 cm³/mol. The molecule has 1 aliphatic heterocycles. The number of benzene rings is 3. The van der Waals surface area contributed by atoms with Gasteiger partial charge in [-0.2, -0.15) is 0 Å². The average molecular weight is 647 g/mol. The molecule has 1 saturated heterocycles. The van der Waals surface area contributed by atoms with Crippen LogP contribution in [0, 0.1) is 5.41 Å². The fourth-order valence-electron chi connectivity index (χ4n) is 5.91. The van der Waals surface area contributed by atoms with Crippen LogP contribution in [0.3, 0.4) is 0 Å². The van der Waals surface area contributed by atoms with Gasteiger partial charge in [0, 0.05) is 18.7 Å². The van der Waals surface area contributed by atoms with Gasteiger partial charge in [0.1, 0.15) is 23.6 Å². The first-order chi connectivity index (χ1) is 22.6. The van der Waals surface area contributed by atoms with Crippen molar-refractivity contribution in [3.63, 3.8) is 0 Å². The van der Waals surface area contributed by atoms with E-state index < -0.39 is 41.2 Å². The van der Waals surface area contributed by atoms with Crippen molar-refractivity contribution in [3.05, 3.63) is 95.6 Å². The normalized spacial score (nSPS) is 18.1. The average Bonchev–Trinajstić information content (AvgIpc) is 3.07. The monoisotopic (exact) mass is 646 g/mol. The van der Waals surface area contributed by atoms with E-state index in [1.54, 1.807) is 85.2 Å². The molecule has 0 spiro atoms. The molecule has 2 unspecified atom stereocenters. The molecule has 0 aromatic heterocycles. The van der Waals surface area contributed by atoms with E-state index in [2.05, 4.69) is 0 Å². The quantitative estimate of drug-likeness (QED) is 0.114. The summed E-state index contributed by atoms with van der Waals surface area (Å²) in [5.41, 5.74) is -0.144. The Morgan fingerprint density at radius 3 is 1.49 bits per heavy atom. The summed E-state index contributed by atoms with van der Waals surface area (Å²) in [6, 6.07) is 19.2. The highest BCUT2D eigenvalue weighted by Gasteiger charge is 2.55. The zero-order valence-corrected chi connectivity index (χ0v) is 27.0. The fourth-order valence-corrected chi connectivity index (χ4v) is 5.91. The third-order valence-electron chi connectivity index (χ3n) is 8.18. The lowest BCUT2D eigenvalue weighted by Crippen LogP contribution is -2.67. The Hall–Kier alpha value is -4.74. The lowest BCUT2D eigenvalue weighted by Gasteiger charge is -2.49. The molecule has 0 saturated carbocycles. The SMILES string of the molecule is CCOC(=O)C(Cc1ccc(O)cc1)N1CN(C(Cc2ccc(O)cc2)C(=O)OCC)CC(C(=O)OCC)(C(=O)c2ccccc2)C1. The minimum absolute atomic E-state index is 0.00623. The minimum Gasteiger partial charge on any atom is -0.508 e. The van der Waals surface area contributed by atoms with E-state index >= 15 is 0 Å². The van der Waals surface area contributed by atoms with Crippen LogP contribution >= 0.6 is 0 Å². The number of rotatable bonds is 14. The summed E-state index contributed by atoms with van der Waals surface area (Å²) in [4.78, 5) is 59.3. The van der Waals surface area contributed by atoms with Crippen LogP contribution in [0.5, 0.6) is 11.5 Å². The first kappa shape index (κ1) is 35.1. The highest BCUT2D eigenvalue weighted by atomic mass is 16.5. The smallest absolute Gasteiger partial charge is 0.323 e. The number of nitrogens with zero attached hydrogens (tertiary/aromatic N) is 2. The Morgan fingerprint density at radius 2 is 1.09 bits per heavy atom. The minimum atomic E-state index is -1.84. The summed E-state index contributed by atoms with van der Waals surface area (Å²) >= 11 is 0. The number of aromatic hydroxyl groups is 2. The first-order valence-electron chi connectivity index (χ1n) is 15.8. The Labute approximate surface area is 274 Å². The van der Waals surface area contributed by atoms with Crippen LogP contribution in [0.4, 0.5) is 0 Å². The van der Waals surface area contributed by atoms with E-state index in [0.717, 1.165) is 0 Å². The molecule has 1 heterocycles. The Morgan fingerprint density at radius 1 is 0.660 bits per heavy atom. The fraction of sp³-hybridized carbons (Fsp3) is 0.389. The van der Waals surface area contributed by atoms with Crippen molar-refractivity contribution in [1.82, 2.24) is 9.80 Å². The standard InChI is InChI=1S/C36H42N2O9/c1-4-45-33(42)30(20-25-12-16-28(39)17-13-25)37-22-36(35(44)47-6-3,32(41)27-10-8-7-9-11-27)23-38(24-37)31(34(43)46-5-2)21-26-14-18-29(40)19-15-26/h7-19,30-31,39-40H,4-6,20-24H2,1-3H3. The lowest BCUT2D eigenvalue weighted by molar-refractivity contribution is -0.170.